The first-order valence-electron chi connectivity index (χ1n) is 18.7. The monoisotopic (exact) mass is 704 g/mol. The molecule has 10 aromatic rings. The summed E-state index contributed by atoms with van der Waals surface area (Å²) in [6, 6.07) is 77.5. The number of rotatable bonds is 8. The average Bonchev–Trinajstić information content (AvgIpc) is 3.62. The molecule has 0 radical (unpaired) electrons. The summed E-state index contributed by atoms with van der Waals surface area (Å²) in [4.78, 5) is 4.73. The summed E-state index contributed by atoms with van der Waals surface area (Å²) in [6.45, 7) is 0. The molecule has 0 unspecified atom stereocenters. The summed E-state index contributed by atoms with van der Waals surface area (Å²) in [5.41, 5.74) is 12.4. The average molecular weight is 705 g/mol. The van der Waals surface area contributed by atoms with Crippen molar-refractivity contribution in [3.8, 4) is 22.3 Å². The van der Waals surface area contributed by atoms with E-state index in [1.807, 2.05) is 0 Å². The fourth-order valence-electron chi connectivity index (χ4n) is 7.80. The lowest BCUT2D eigenvalue weighted by Crippen LogP contribution is -2.17. The quantitative estimate of drug-likeness (QED) is 0.157. The van der Waals surface area contributed by atoms with Crippen LogP contribution >= 0.6 is 0 Å². The highest BCUT2D eigenvalue weighted by Gasteiger charge is 2.28. The zero-order chi connectivity index (χ0) is 36.6. The minimum absolute atomic E-state index is 0.817. The molecule has 0 saturated carbocycles. The topological polar surface area (TPSA) is 19.6 Å². The van der Waals surface area contributed by atoms with Crippen LogP contribution in [0.15, 0.2) is 223 Å². The highest BCUT2D eigenvalue weighted by molar-refractivity contribution is 6.16. The molecule has 0 aliphatic heterocycles. The Morgan fingerprint density at radius 2 is 0.764 bits per heavy atom. The van der Waals surface area contributed by atoms with Gasteiger partial charge in [-0.3, -0.25) is 0 Å². The molecule has 0 N–H and O–H groups in total. The van der Waals surface area contributed by atoms with Crippen molar-refractivity contribution in [3.63, 3.8) is 0 Å². The summed E-state index contributed by atoms with van der Waals surface area (Å²) < 4.78 is 7.12. The summed E-state index contributed by atoms with van der Waals surface area (Å²) in [6.07, 6.45) is 0. The standard InChI is InChI=1S/C52H36N2O/c1-5-17-37(18-6-1)39-23-15-29-45(33-39)53(43-25-9-3-10-26-43)49-32-31-47-48-35-41-21-13-14-22-42(41)36-50(48)55-52(47)51(49)54(44-27-11-4-12-28-44)46-30-16-24-40(34-46)38-19-7-2-8-20-38/h1-36H. The lowest BCUT2D eigenvalue weighted by atomic mass is 10.0. The molecule has 3 heteroatoms. The third-order valence-corrected chi connectivity index (χ3v) is 10.4. The first kappa shape index (κ1) is 32.3. The molecule has 10 rings (SSSR count). The van der Waals surface area contributed by atoms with Crippen LogP contribution in [-0.2, 0) is 0 Å². The van der Waals surface area contributed by atoms with Gasteiger partial charge in [0, 0.05) is 33.5 Å². The molecule has 0 atom stereocenters. The van der Waals surface area contributed by atoms with Crippen molar-refractivity contribution < 1.29 is 4.42 Å². The van der Waals surface area contributed by atoms with Crippen LogP contribution in [0.3, 0.4) is 0 Å². The Bertz CT molecular complexity index is 2920. The smallest absolute Gasteiger partial charge is 0.161 e. The van der Waals surface area contributed by atoms with Gasteiger partial charge in [-0.1, -0.05) is 146 Å². The van der Waals surface area contributed by atoms with Gasteiger partial charge in [0.25, 0.3) is 0 Å². The van der Waals surface area contributed by atoms with Crippen molar-refractivity contribution in [2.24, 2.45) is 0 Å². The van der Waals surface area contributed by atoms with Gasteiger partial charge in [0.05, 0.1) is 5.69 Å². The maximum Gasteiger partial charge on any atom is 0.161 e. The van der Waals surface area contributed by atoms with E-state index in [-0.39, 0.29) is 0 Å². The molecule has 260 valence electrons. The molecule has 1 heterocycles. The second-order valence-corrected chi connectivity index (χ2v) is 13.8. The second-order valence-electron chi connectivity index (χ2n) is 13.8. The maximum absolute atomic E-state index is 7.12. The molecule has 0 aliphatic rings. The zero-order valence-corrected chi connectivity index (χ0v) is 30.1. The van der Waals surface area contributed by atoms with E-state index in [0.717, 1.165) is 78.1 Å². The molecule has 9 aromatic carbocycles. The molecule has 3 nitrogen and oxygen atoms in total. The van der Waals surface area contributed by atoms with Crippen molar-refractivity contribution in [3.05, 3.63) is 218 Å². The Morgan fingerprint density at radius 1 is 0.309 bits per heavy atom. The predicted octanol–water partition coefficient (Wildman–Crippen LogP) is 15.0. The van der Waals surface area contributed by atoms with Crippen molar-refractivity contribution in [1.29, 1.82) is 0 Å². The van der Waals surface area contributed by atoms with E-state index in [4.69, 9.17) is 4.42 Å². The fourth-order valence-corrected chi connectivity index (χ4v) is 7.80. The highest BCUT2D eigenvalue weighted by Crippen LogP contribution is 2.51. The van der Waals surface area contributed by atoms with E-state index in [9.17, 15) is 0 Å². The van der Waals surface area contributed by atoms with Crippen LogP contribution in [0, 0.1) is 0 Å². The molecule has 0 aliphatic carbocycles. The van der Waals surface area contributed by atoms with Gasteiger partial charge in [-0.05, 0) is 106 Å². The number of para-hydroxylation sites is 2. The molecule has 0 bridgehead atoms. The number of furan rings is 1. The van der Waals surface area contributed by atoms with Crippen molar-refractivity contribution in [2.75, 3.05) is 9.80 Å². The Labute approximate surface area is 320 Å². The van der Waals surface area contributed by atoms with E-state index < -0.39 is 0 Å². The van der Waals surface area contributed by atoms with Crippen LogP contribution in [0.25, 0.3) is 55.0 Å². The Morgan fingerprint density at radius 3 is 1.35 bits per heavy atom. The molecule has 0 spiro atoms. The minimum Gasteiger partial charge on any atom is -0.454 e. The number of hydrogen-bond donors (Lipinski definition) is 0. The van der Waals surface area contributed by atoms with Gasteiger partial charge in [-0.15, -0.1) is 0 Å². The van der Waals surface area contributed by atoms with Crippen molar-refractivity contribution in [1.82, 2.24) is 0 Å². The first-order valence-corrected chi connectivity index (χ1v) is 18.7. The lowest BCUT2D eigenvalue weighted by Gasteiger charge is -2.33. The Kier molecular flexibility index (Phi) is 8.16. The third-order valence-electron chi connectivity index (χ3n) is 10.4. The molecule has 0 saturated heterocycles. The van der Waals surface area contributed by atoms with Crippen LogP contribution < -0.4 is 9.80 Å². The van der Waals surface area contributed by atoms with Crippen LogP contribution in [0.5, 0.6) is 0 Å². The van der Waals surface area contributed by atoms with Gasteiger partial charge >= 0.3 is 0 Å². The number of anilines is 6. The maximum atomic E-state index is 7.12. The fraction of sp³-hybridized carbons (Fsp3) is 0. The van der Waals surface area contributed by atoms with Gasteiger partial charge in [-0.25, -0.2) is 0 Å². The van der Waals surface area contributed by atoms with Gasteiger partial charge in [0.15, 0.2) is 5.58 Å². The van der Waals surface area contributed by atoms with E-state index in [1.165, 1.54) is 10.9 Å². The van der Waals surface area contributed by atoms with Crippen LogP contribution in [0.4, 0.5) is 34.1 Å². The highest BCUT2D eigenvalue weighted by atomic mass is 16.3. The first-order chi connectivity index (χ1) is 27.3. The SMILES string of the molecule is c1ccc(-c2cccc(N(c3ccccc3)c3ccc4c(oc5cc6ccccc6cc54)c3N(c3ccccc3)c3cccc(-c4ccccc4)c3)c2)cc1. The molecule has 1 aromatic heterocycles. The van der Waals surface area contributed by atoms with Gasteiger partial charge in [-0.2, -0.15) is 0 Å². The number of fused-ring (bicyclic) bond motifs is 4. The summed E-state index contributed by atoms with van der Waals surface area (Å²) in [7, 11) is 0. The number of hydrogen-bond acceptors (Lipinski definition) is 3. The molecular weight excluding hydrogens is 669 g/mol. The van der Waals surface area contributed by atoms with Crippen molar-refractivity contribution in [2.45, 2.75) is 0 Å². The summed E-state index contributed by atoms with van der Waals surface area (Å²) >= 11 is 0. The molecular formula is C52H36N2O. The largest absolute Gasteiger partial charge is 0.454 e. The van der Waals surface area contributed by atoms with E-state index >= 15 is 0 Å². The van der Waals surface area contributed by atoms with Gasteiger partial charge in [0.2, 0.25) is 0 Å². The molecule has 0 amide bonds. The van der Waals surface area contributed by atoms with Gasteiger partial charge in [0.1, 0.15) is 11.3 Å². The zero-order valence-electron chi connectivity index (χ0n) is 30.1. The summed E-state index contributed by atoms with van der Waals surface area (Å²) in [5.74, 6) is 0. The summed E-state index contributed by atoms with van der Waals surface area (Å²) in [5, 5.41) is 4.48. The second kappa shape index (κ2) is 13.9. The minimum atomic E-state index is 0.817. The third kappa shape index (κ3) is 5.98. The van der Waals surface area contributed by atoms with Crippen LogP contribution in [0.2, 0.25) is 0 Å². The van der Waals surface area contributed by atoms with E-state index in [1.54, 1.807) is 0 Å². The normalized spacial score (nSPS) is 11.3. The molecule has 0 fully saturated rings. The Hall–Kier alpha value is -7.36. The van der Waals surface area contributed by atoms with E-state index in [0.29, 0.717) is 0 Å². The molecule has 55 heavy (non-hydrogen) atoms. The van der Waals surface area contributed by atoms with Gasteiger partial charge < -0.3 is 14.2 Å². The predicted molar refractivity (Wildman–Crippen MR) is 231 cm³/mol. The van der Waals surface area contributed by atoms with E-state index in [2.05, 4.69) is 228 Å². The van der Waals surface area contributed by atoms with Crippen LogP contribution in [0.1, 0.15) is 0 Å². The van der Waals surface area contributed by atoms with Crippen LogP contribution in [-0.4, -0.2) is 0 Å². The number of nitrogens with zero attached hydrogens (tertiary/aromatic N) is 2. The Balaban J connectivity index is 1.30. The number of benzene rings is 9. The lowest BCUT2D eigenvalue weighted by molar-refractivity contribution is 0.669. The van der Waals surface area contributed by atoms with Crippen molar-refractivity contribution >= 4 is 66.8 Å².